The van der Waals surface area contributed by atoms with Crippen LogP contribution in [0.5, 0.6) is 0 Å². The third kappa shape index (κ3) is 3.42. The van der Waals surface area contributed by atoms with Crippen LogP contribution in [0.1, 0.15) is 30.0 Å². The molecule has 6 nitrogen and oxygen atoms in total. The van der Waals surface area contributed by atoms with E-state index in [1.54, 1.807) is 35.0 Å². The van der Waals surface area contributed by atoms with Crippen molar-refractivity contribution < 1.29 is 4.39 Å². The van der Waals surface area contributed by atoms with Crippen LogP contribution >= 0.6 is 0 Å². The van der Waals surface area contributed by atoms with Gasteiger partial charge in [0.05, 0.1) is 5.52 Å². The average molecular weight is 432 g/mol. The molecular formula is C25H26FN5O. The SMILES string of the molecule is O=c1ccc2ccc(F)c3c2n1C[C@H]3CN1CCC(NCc2cc3cccnc3[nH]2)CC1. The number of benzene rings is 1. The van der Waals surface area contributed by atoms with Crippen molar-refractivity contribution in [1.82, 2.24) is 24.8 Å². The van der Waals surface area contributed by atoms with Crippen LogP contribution in [-0.4, -0.2) is 45.1 Å². The summed E-state index contributed by atoms with van der Waals surface area (Å²) in [5, 5.41) is 5.75. The van der Waals surface area contributed by atoms with Crippen molar-refractivity contribution in [2.75, 3.05) is 19.6 Å². The van der Waals surface area contributed by atoms with Crippen molar-refractivity contribution >= 4 is 21.9 Å². The van der Waals surface area contributed by atoms with E-state index in [9.17, 15) is 9.18 Å². The molecular weight excluding hydrogens is 405 g/mol. The van der Waals surface area contributed by atoms with Crippen molar-refractivity contribution in [2.45, 2.75) is 37.9 Å². The van der Waals surface area contributed by atoms with E-state index in [1.807, 2.05) is 6.07 Å². The lowest BCUT2D eigenvalue weighted by molar-refractivity contribution is 0.184. The lowest BCUT2D eigenvalue weighted by Crippen LogP contribution is -2.43. The van der Waals surface area contributed by atoms with Crippen molar-refractivity contribution in [3.05, 3.63) is 76.1 Å². The molecule has 0 amide bonds. The van der Waals surface area contributed by atoms with Gasteiger partial charge in [-0.05, 0) is 67.7 Å². The lowest BCUT2D eigenvalue weighted by atomic mass is 9.97. The second-order valence-electron chi connectivity index (χ2n) is 9.07. The zero-order valence-electron chi connectivity index (χ0n) is 17.9. The van der Waals surface area contributed by atoms with Crippen molar-refractivity contribution in [3.63, 3.8) is 0 Å². The van der Waals surface area contributed by atoms with E-state index < -0.39 is 0 Å². The van der Waals surface area contributed by atoms with Gasteiger partial charge >= 0.3 is 0 Å². The molecule has 2 N–H and O–H groups in total. The predicted molar refractivity (Wildman–Crippen MR) is 123 cm³/mol. The maximum atomic E-state index is 14.7. The fourth-order valence-electron chi connectivity index (χ4n) is 5.42. The third-order valence-electron chi connectivity index (χ3n) is 7.04. The lowest BCUT2D eigenvalue weighted by Gasteiger charge is -2.34. The molecule has 1 saturated heterocycles. The average Bonchev–Trinajstić information content (AvgIpc) is 3.40. The first kappa shape index (κ1) is 19.6. The van der Waals surface area contributed by atoms with Crippen molar-refractivity contribution in [2.24, 2.45) is 0 Å². The normalized spacial score (nSPS) is 19.3. The van der Waals surface area contributed by atoms with Crippen LogP contribution in [0.15, 0.2) is 53.5 Å². The minimum Gasteiger partial charge on any atom is -0.342 e. The second-order valence-corrected chi connectivity index (χ2v) is 9.07. The molecule has 1 aromatic carbocycles. The maximum Gasteiger partial charge on any atom is 0.251 e. The van der Waals surface area contributed by atoms with E-state index in [1.165, 1.54) is 0 Å². The highest BCUT2D eigenvalue weighted by Gasteiger charge is 2.31. The van der Waals surface area contributed by atoms with E-state index in [-0.39, 0.29) is 17.3 Å². The number of H-pyrrole nitrogens is 1. The molecule has 32 heavy (non-hydrogen) atoms. The number of fused-ring (bicyclic) bond motifs is 1. The number of pyridine rings is 2. The number of aromatic amines is 1. The summed E-state index contributed by atoms with van der Waals surface area (Å²) in [5.74, 6) is -0.166. The number of halogens is 1. The molecule has 164 valence electrons. The smallest absolute Gasteiger partial charge is 0.251 e. The number of nitrogens with one attached hydrogen (secondary N) is 2. The van der Waals surface area contributed by atoms with Gasteiger partial charge < -0.3 is 19.8 Å². The van der Waals surface area contributed by atoms with Gasteiger partial charge in [0.15, 0.2) is 0 Å². The molecule has 1 fully saturated rings. The quantitative estimate of drug-likeness (QED) is 0.509. The molecule has 0 unspecified atom stereocenters. The van der Waals surface area contributed by atoms with E-state index in [0.717, 1.165) is 66.7 Å². The number of hydrogen-bond acceptors (Lipinski definition) is 4. The van der Waals surface area contributed by atoms with Gasteiger partial charge in [-0.3, -0.25) is 4.79 Å². The summed E-state index contributed by atoms with van der Waals surface area (Å²) in [6.45, 7) is 4.11. The highest BCUT2D eigenvalue weighted by Crippen LogP contribution is 2.35. The van der Waals surface area contributed by atoms with Crippen LogP contribution in [0.3, 0.4) is 0 Å². The first-order valence-electron chi connectivity index (χ1n) is 11.4. The molecule has 3 aromatic heterocycles. The highest BCUT2D eigenvalue weighted by atomic mass is 19.1. The summed E-state index contributed by atoms with van der Waals surface area (Å²) in [6, 6.07) is 13.3. The topological polar surface area (TPSA) is 66.0 Å². The van der Waals surface area contributed by atoms with Crippen LogP contribution in [0, 0.1) is 5.82 Å². The van der Waals surface area contributed by atoms with E-state index in [2.05, 4.69) is 32.3 Å². The molecule has 0 radical (unpaired) electrons. The molecule has 7 heteroatoms. The van der Waals surface area contributed by atoms with Crippen molar-refractivity contribution in [3.8, 4) is 0 Å². The van der Waals surface area contributed by atoms with Crippen LogP contribution in [0.2, 0.25) is 0 Å². The van der Waals surface area contributed by atoms with Crippen LogP contribution in [0.4, 0.5) is 4.39 Å². The molecule has 0 spiro atoms. The first-order chi connectivity index (χ1) is 15.7. The number of aromatic nitrogens is 3. The molecule has 0 saturated carbocycles. The number of rotatable bonds is 5. The number of hydrogen-bond donors (Lipinski definition) is 2. The van der Waals surface area contributed by atoms with Gasteiger partial charge in [-0.25, -0.2) is 9.37 Å². The summed E-state index contributed by atoms with van der Waals surface area (Å²) in [6.07, 6.45) is 3.92. The van der Waals surface area contributed by atoms with Gasteiger partial charge in [0.1, 0.15) is 11.5 Å². The fraction of sp³-hybridized carbons (Fsp3) is 0.360. The molecule has 6 rings (SSSR count). The molecule has 2 aliphatic rings. The Morgan fingerprint density at radius 1 is 1.12 bits per heavy atom. The predicted octanol–water partition coefficient (Wildman–Crippen LogP) is 3.37. The summed E-state index contributed by atoms with van der Waals surface area (Å²) >= 11 is 0. The van der Waals surface area contributed by atoms with Gasteiger partial charge in [0.2, 0.25) is 0 Å². The van der Waals surface area contributed by atoms with E-state index >= 15 is 0 Å². The minimum atomic E-state index is -0.191. The van der Waals surface area contributed by atoms with Crippen molar-refractivity contribution in [1.29, 1.82) is 0 Å². The Balaban J connectivity index is 1.08. The summed E-state index contributed by atoms with van der Waals surface area (Å²) in [7, 11) is 0. The Morgan fingerprint density at radius 2 is 1.97 bits per heavy atom. The zero-order chi connectivity index (χ0) is 21.7. The zero-order valence-corrected chi connectivity index (χ0v) is 17.9. The van der Waals surface area contributed by atoms with E-state index in [4.69, 9.17) is 0 Å². The van der Waals surface area contributed by atoms with Gasteiger partial charge in [-0.15, -0.1) is 0 Å². The second kappa shape index (κ2) is 7.83. The molecule has 5 heterocycles. The molecule has 0 aliphatic carbocycles. The van der Waals surface area contributed by atoms with E-state index in [0.29, 0.717) is 18.2 Å². The standard InChI is InChI=1S/C25H26FN5O/c26-21-5-3-16-4-6-22(32)31-15-18(23(21)24(16)31)14-30-10-7-19(8-11-30)28-13-20-12-17-2-1-9-27-25(17)29-20/h1-6,9,12,18-19,28H,7-8,10-11,13-15H2,(H,27,29)/t18-/m1/s1. The Bertz CT molecular complexity index is 1320. The minimum absolute atomic E-state index is 0.0251. The van der Waals surface area contributed by atoms with Crippen LogP contribution in [-0.2, 0) is 13.1 Å². The first-order valence-corrected chi connectivity index (χ1v) is 11.4. The fourth-order valence-corrected chi connectivity index (χ4v) is 5.42. The maximum absolute atomic E-state index is 14.7. The largest absolute Gasteiger partial charge is 0.342 e. The summed E-state index contributed by atoms with van der Waals surface area (Å²) < 4.78 is 16.5. The molecule has 2 aliphatic heterocycles. The monoisotopic (exact) mass is 431 g/mol. The molecule has 0 bridgehead atoms. The number of piperidine rings is 1. The van der Waals surface area contributed by atoms with Gasteiger partial charge in [-0.2, -0.15) is 0 Å². The summed E-state index contributed by atoms with van der Waals surface area (Å²) in [4.78, 5) is 22.5. The number of likely N-dealkylation sites (tertiary alicyclic amines) is 1. The molecule has 4 aromatic rings. The Morgan fingerprint density at radius 3 is 2.81 bits per heavy atom. The van der Waals surface area contributed by atoms with Crippen LogP contribution in [0.25, 0.3) is 21.9 Å². The van der Waals surface area contributed by atoms with Gasteiger partial charge in [0.25, 0.3) is 5.56 Å². The summed E-state index contributed by atoms with van der Waals surface area (Å²) in [5.41, 5.74) is 3.54. The van der Waals surface area contributed by atoms with Gasteiger partial charge in [-0.1, -0.05) is 0 Å². The van der Waals surface area contributed by atoms with Gasteiger partial charge in [0, 0.05) is 60.5 Å². The Hall–Kier alpha value is -3.03. The Labute approximate surface area is 185 Å². The van der Waals surface area contributed by atoms with Crippen LogP contribution < -0.4 is 10.9 Å². The molecule has 1 atom stereocenters. The number of nitrogens with zero attached hydrogens (tertiary/aromatic N) is 3. The Kier molecular flexibility index (Phi) is 4.81. The highest BCUT2D eigenvalue weighted by molar-refractivity contribution is 5.84. The third-order valence-corrected chi connectivity index (χ3v) is 7.04.